The Morgan fingerprint density at radius 3 is 2.43 bits per heavy atom. The van der Waals surface area contributed by atoms with E-state index in [0.29, 0.717) is 16.9 Å². The number of hydrogen-bond acceptors (Lipinski definition) is 5. The van der Waals surface area contributed by atoms with E-state index in [1.54, 1.807) is 36.7 Å². The maximum atomic E-state index is 12.5. The van der Waals surface area contributed by atoms with E-state index in [2.05, 4.69) is 25.3 Å². The fourth-order valence-electron chi connectivity index (χ4n) is 2.93. The molecule has 156 valence electrons. The van der Waals surface area contributed by atoms with E-state index >= 15 is 0 Å². The van der Waals surface area contributed by atoms with Gasteiger partial charge in [-0.1, -0.05) is 32.9 Å². The zero-order valence-corrected chi connectivity index (χ0v) is 17.0. The number of H-pyrrole nitrogens is 3. The van der Waals surface area contributed by atoms with Gasteiger partial charge in [0, 0.05) is 16.8 Å². The van der Waals surface area contributed by atoms with E-state index in [-0.39, 0.29) is 28.6 Å². The number of aromatic amines is 3. The van der Waals surface area contributed by atoms with Crippen molar-refractivity contribution >= 4 is 23.7 Å². The predicted molar refractivity (Wildman–Crippen MR) is 115 cm³/mol. The van der Waals surface area contributed by atoms with Crippen LogP contribution >= 0.6 is 0 Å². The Balaban J connectivity index is 2.04. The van der Waals surface area contributed by atoms with Gasteiger partial charge in [0.2, 0.25) is 5.91 Å². The van der Waals surface area contributed by atoms with Crippen molar-refractivity contribution in [3.05, 3.63) is 78.9 Å². The Kier molecular flexibility index (Phi) is 5.84. The molecule has 2 aromatic heterocycles. The van der Waals surface area contributed by atoms with E-state index in [1.165, 1.54) is 6.08 Å². The minimum Gasteiger partial charge on any atom is -0.348 e. The summed E-state index contributed by atoms with van der Waals surface area (Å²) in [5.41, 5.74) is 6.81. The number of imidazole rings is 1. The van der Waals surface area contributed by atoms with Crippen molar-refractivity contribution in [2.75, 3.05) is 11.9 Å². The van der Waals surface area contributed by atoms with Crippen LogP contribution in [0.5, 0.6) is 0 Å². The first-order valence-corrected chi connectivity index (χ1v) is 9.37. The number of hydrogen-bond donors (Lipinski definition) is 5. The molecular weight excluding hydrogens is 384 g/mol. The van der Waals surface area contributed by atoms with Gasteiger partial charge in [-0.25, -0.2) is 4.98 Å². The van der Waals surface area contributed by atoms with Crippen molar-refractivity contribution < 1.29 is 4.79 Å². The highest BCUT2D eigenvalue weighted by Gasteiger charge is 2.19. The smallest absolute Gasteiger partial charge is 0.272 e. The van der Waals surface area contributed by atoms with Crippen LogP contribution in [0.1, 0.15) is 37.7 Å². The maximum Gasteiger partial charge on any atom is 0.272 e. The van der Waals surface area contributed by atoms with Crippen molar-refractivity contribution in [3.63, 3.8) is 0 Å². The monoisotopic (exact) mass is 408 g/mol. The first kappa shape index (κ1) is 21.0. The van der Waals surface area contributed by atoms with Gasteiger partial charge in [-0.15, -0.1) is 0 Å². The Labute approximate surface area is 171 Å². The van der Waals surface area contributed by atoms with Crippen molar-refractivity contribution in [3.8, 4) is 0 Å². The molecule has 0 bridgehead atoms. The van der Waals surface area contributed by atoms with Crippen LogP contribution in [0.4, 0.5) is 5.69 Å². The minimum atomic E-state index is -0.454. The molecule has 9 heteroatoms. The molecule has 0 aliphatic rings. The standard InChI is InChI=1S/C21H24N6O3/c1-21(2,3)18-14(23-11-24-18)9-16-20(30)26-15(19(29)27-16)8-12-5-4-6-13(7-12)25-17(28)10-22/h4-9,11H,10,22H2,1-3H3,(H,23,24)(H,25,28)(H,26,30)(H,27,29)/b15-8-,16-9-. The maximum absolute atomic E-state index is 12.5. The quantitative estimate of drug-likeness (QED) is 0.400. The van der Waals surface area contributed by atoms with Gasteiger partial charge in [-0.2, -0.15) is 0 Å². The highest BCUT2D eigenvalue weighted by molar-refractivity contribution is 5.92. The first-order chi connectivity index (χ1) is 14.2. The molecule has 3 aromatic rings. The van der Waals surface area contributed by atoms with Crippen molar-refractivity contribution in [1.82, 2.24) is 19.9 Å². The largest absolute Gasteiger partial charge is 0.348 e. The van der Waals surface area contributed by atoms with Crippen LogP contribution in [-0.4, -0.2) is 32.4 Å². The summed E-state index contributed by atoms with van der Waals surface area (Å²) in [5, 5.41) is 2.84. The number of amides is 1. The van der Waals surface area contributed by atoms with Crippen molar-refractivity contribution in [2.45, 2.75) is 26.2 Å². The number of nitrogens with zero attached hydrogens (tertiary/aromatic N) is 1. The molecule has 0 saturated heterocycles. The molecule has 0 unspecified atom stereocenters. The van der Waals surface area contributed by atoms with Gasteiger partial charge in [0.15, 0.2) is 0 Å². The fraction of sp³-hybridized carbons (Fsp3) is 0.238. The number of aromatic nitrogens is 4. The topological polar surface area (TPSA) is 150 Å². The first-order valence-electron chi connectivity index (χ1n) is 9.37. The second kappa shape index (κ2) is 8.34. The summed E-state index contributed by atoms with van der Waals surface area (Å²) in [6, 6.07) is 6.84. The number of carbonyl (C=O) groups excluding carboxylic acids is 1. The highest BCUT2D eigenvalue weighted by atomic mass is 16.2. The van der Waals surface area contributed by atoms with E-state index in [9.17, 15) is 14.4 Å². The van der Waals surface area contributed by atoms with Gasteiger partial charge < -0.3 is 26.0 Å². The number of nitrogens with one attached hydrogen (secondary N) is 4. The van der Waals surface area contributed by atoms with Gasteiger partial charge in [-0.3, -0.25) is 14.4 Å². The molecule has 30 heavy (non-hydrogen) atoms. The van der Waals surface area contributed by atoms with Gasteiger partial charge in [-0.05, 0) is 29.8 Å². The molecule has 0 aliphatic heterocycles. The zero-order valence-electron chi connectivity index (χ0n) is 17.0. The predicted octanol–water partition coefficient (Wildman–Crippen LogP) is -0.361. The Morgan fingerprint density at radius 2 is 1.80 bits per heavy atom. The third-order valence-corrected chi connectivity index (χ3v) is 4.35. The molecule has 1 amide bonds. The van der Waals surface area contributed by atoms with Crippen LogP contribution in [0.3, 0.4) is 0 Å². The number of benzene rings is 1. The fourth-order valence-corrected chi connectivity index (χ4v) is 2.93. The van der Waals surface area contributed by atoms with Crippen LogP contribution in [0.25, 0.3) is 12.2 Å². The lowest BCUT2D eigenvalue weighted by Crippen LogP contribution is -2.46. The van der Waals surface area contributed by atoms with E-state index < -0.39 is 11.1 Å². The lowest BCUT2D eigenvalue weighted by atomic mass is 9.90. The molecular formula is C21H24N6O3. The number of nitrogens with two attached hydrogens (primary N) is 1. The SMILES string of the molecule is CC(C)(C)c1[nH]cnc1/C=c1\[nH]c(=O)/c(=C/c2cccc(NC(=O)CN)c2)[nH]c1=O. The molecule has 0 spiro atoms. The molecule has 9 nitrogen and oxygen atoms in total. The molecule has 3 rings (SSSR count). The van der Waals surface area contributed by atoms with Crippen molar-refractivity contribution in [2.24, 2.45) is 5.73 Å². The van der Waals surface area contributed by atoms with Crippen LogP contribution in [0.15, 0.2) is 40.2 Å². The molecule has 0 radical (unpaired) electrons. The van der Waals surface area contributed by atoms with E-state index in [4.69, 9.17) is 5.73 Å². The second-order valence-corrected chi connectivity index (χ2v) is 7.81. The summed E-state index contributed by atoms with van der Waals surface area (Å²) in [6.07, 6.45) is 4.62. The molecule has 6 N–H and O–H groups in total. The highest BCUT2D eigenvalue weighted by Crippen LogP contribution is 2.22. The molecule has 1 aromatic carbocycles. The van der Waals surface area contributed by atoms with Gasteiger partial charge in [0.1, 0.15) is 10.7 Å². The third kappa shape index (κ3) is 4.81. The van der Waals surface area contributed by atoms with Crippen LogP contribution in [0, 0.1) is 0 Å². The summed E-state index contributed by atoms with van der Waals surface area (Å²) >= 11 is 0. The van der Waals surface area contributed by atoms with Crippen LogP contribution in [0.2, 0.25) is 0 Å². The normalized spacial score (nSPS) is 12.9. The molecule has 0 fully saturated rings. The van der Waals surface area contributed by atoms with Crippen LogP contribution < -0.4 is 32.9 Å². The summed E-state index contributed by atoms with van der Waals surface area (Å²) in [6.45, 7) is 5.93. The van der Waals surface area contributed by atoms with Crippen molar-refractivity contribution in [1.29, 1.82) is 0 Å². The number of rotatable bonds is 4. The average molecular weight is 408 g/mol. The zero-order chi connectivity index (χ0) is 21.9. The summed E-state index contributed by atoms with van der Waals surface area (Å²) < 4.78 is 0. The van der Waals surface area contributed by atoms with E-state index in [0.717, 1.165) is 5.69 Å². The molecule has 2 heterocycles. The van der Waals surface area contributed by atoms with Gasteiger partial charge in [0.05, 0.1) is 18.6 Å². The summed E-state index contributed by atoms with van der Waals surface area (Å²) in [7, 11) is 0. The number of anilines is 1. The van der Waals surface area contributed by atoms with E-state index in [1.807, 2.05) is 20.8 Å². The minimum absolute atomic E-state index is 0.0949. The average Bonchev–Trinajstić information content (AvgIpc) is 3.14. The summed E-state index contributed by atoms with van der Waals surface area (Å²) in [4.78, 5) is 49.0. The summed E-state index contributed by atoms with van der Waals surface area (Å²) in [5.74, 6) is -0.328. The lowest BCUT2D eigenvalue weighted by molar-refractivity contribution is -0.114. The van der Waals surface area contributed by atoms with Crippen LogP contribution in [-0.2, 0) is 10.2 Å². The second-order valence-electron chi connectivity index (χ2n) is 7.81. The molecule has 0 saturated carbocycles. The Hall–Kier alpha value is -3.72. The van der Waals surface area contributed by atoms with Gasteiger partial charge >= 0.3 is 0 Å². The molecule has 0 atom stereocenters. The lowest BCUT2D eigenvalue weighted by Gasteiger charge is -2.16. The number of carbonyl (C=O) groups is 1. The Bertz CT molecular complexity index is 1310. The third-order valence-electron chi connectivity index (χ3n) is 4.35. The molecule has 0 aliphatic carbocycles. The Morgan fingerprint density at radius 1 is 1.13 bits per heavy atom. The van der Waals surface area contributed by atoms with Gasteiger partial charge in [0.25, 0.3) is 11.1 Å².